The van der Waals surface area contributed by atoms with Crippen molar-refractivity contribution in [2.24, 2.45) is 0 Å². The van der Waals surface area contributed by atoms with Crippen molar-refractivity contribution in [3.63, 3.8) is 0 Å². The van der Waals surface area contributed by atoms with Crippen LogP contribution in [0.1, 0.15) is 38.3 Å². The molecule has 0 aliphatic rings. The van der Waals surface area contributed by atoms with Gasteiger partial charge in [0.25, 0.3) is 0 Å². The summed E-state index contributed by atoms with van der Waals surface area (Å²) in [6, 6.07) is 9.39. The normalized spacial score (nSPS) is 12.4. The van der Waals surface area contributed by atoms with Gasteiger partial charge in [-0.2, -0.15) is 0 Å². The summed E-state index contributed by atoms with van der Waals surface area (Å²) in [7, 11) is 0. The molecule has 1 aromatic rings. The molecule has 1 rings (SSSR count). The fraction of sp³-hybridized carbons (Fsp3) is 0.467. The van der Waals surface area contributed by atoms with Gasteiger partial charge in [-0.3, -0.25) is 0 Å². The Balaban J connectivity index is 2.68. The SMILES string of the molecule is C=CCCC(NCC)c1ccc(SCC)cc1. The molecule has 94 valence electrons. The summed E-state index contributed by atoms with van der Waals surface area (Å²) in [5.41, 5.74) is 1.38. The van der Waals surface area contributed by atoms with Crippen molar-refractivity contribution < 1.29 is 0 Å². The van der Waals surface area contributed by atoms with Crippen LogP contribution in [0.4, 0.5) is 0 Å². The molecule has 0 aromatic heterocycles. The molecule has 0 aliphatic heterocycles. The van der Waals surface area contributed by atoms with E-state index in [1.807, 2.05) is 17.8 Å². The monoisotopic (exact) mass is 249 g/mol. The van der Waals surface area contributed by atoms with Crippen molar-refractivity contribution in [1.29, 1.82) is 0 Å². The van der Waals surface area contributed by atoms with Gasteiger partial charge in [0.05, 0.1) is 0 Å². The van der Waals surface area contributed by atoms with E-state index < -0.39 is 0 Å². The smallest absolute Gasteiger partial charge is 0.0323 e. The van der Waals surface area contributed by atoms with Gasteiger partial charge < -0.3 is 5.32 Å². The second kappa shape index (κ2) is 8.37. The van der Waals surface area contributed by atoms with Crippen LogP contribution in [0.5, 0.6) is 0 Å². The number of allylic oxidation sites excluding steroid dienone is 1. The molecule has 0 saturated heterocycles. The molecule has 2 heteroatoms. The molecule has 1 unspecified atom stereocenters. The molecular formula is C15H23NS. The lowest BCUT2D eigenvalue weighted by atomic mass is 10.0. The zero-order valence-electron chi connectivity index (χ0n) is 10.9. The fourth-order valence-corrected chi connectivity index (χ4v) is 2.54. The second-order valence-corrected chi connectivity index (χ2v) is 5.32. The van der Waals surface area contributed by atoms with Crippen LogP contribution in [0.25, 0.3) is 0 Å². The molecule has 0 spiro atoms. The number of hydrogen-bond donors (Lipinski definition) is 1. The Labute approximate surface area is 110 Å². The minimum atomic E-state index is 0.457. The third kappa shape index (κ3) is 4.97. The van der Waals surface area contributed by atoms with Gasteiger partial charge >= 0.3 is 0 Å². The highest BCUT2D eigenvalue weighted by Gasteiger charge is 2.08. The molecule has 17 heavy (non-hydrogen) atoms. The maximum absolute atomic E-state index is 3.79. The number of hydrogen-bond acceptors (Lipinski definition) is 2. The summed E-state index contributed by atoms with van der Waals surface area (Å²) < 4.78 is 0. The molecular weight excluding hydrogens is 226 g/mol. The van der Waals surface area contributed by atoms with E-state index in [1.54, 1.807) is 0 Å². The zero-order valence-corrected chi connectivity index (χ0v) is 11.7. The molecule has 0 fully saturated rings. The number of thioether (sulfide) groups is 1. The molecule has 1 aromatic carbocycles. The van der Waals surface area contributed by atoms with Crippen LogP contribution in [-0.2, 0) is 0 Å². The van der Waals surface area contributed by atoms with E-state index in [4.69, 9.17) is 0 Å². The van der Waals surface area contributed by atoms with Crippen molar-refractivity contribution in [2.75, 3.05) is 12.3 Å². The largest absolute Gasteiger partial charge is 0.310 e. The van der Waals surface area contributed by atoms with E-state index >= 15 is 0 Å². The first-order chi connectivity index (χ1) is 8.31. The fourth-order valence-electron chi connectivity index (χ4n) is 1.88. The van der Waals surface area contributed by atoms with Crippen LogP contribution >= 0.6 is 11.8 Å². The molecule has 0 aliphatic carbocycles. The molecule has 0 radical (unpaired) electrons. The third-order valence-corrected chi connectivity index (χ3v) is 3.60. The summed E-state index contributed by atoms with van der Waals surface area (Å²) in [6.07, 6.45) is 4.17. The van der Waals surface area contributed by atoms with Crippen molar-refractivity contribution in [2.45, 2.75) is 37.6 Å². The predicted molar refractivity (Wildman–Crippen MR) is 78.7 cm³/mol. The Kier molecular flexibility index (Phi) is 7.06. The molecule has 0 saturated carbocycles. The van der Waals surface area contributed by atoms with Gasteiger partial charge in [0, 0.05) is 10.9 Å². The van der Waals surface area contributed by atoms with Gasteiger partial charge in [0.15, 0.2) is 0 Å². The van der Waals surface area contributed by atoms with Crippen molar-refractivity contribution in [3.05, 3.63) is 42.5 Å². The topological polar surface area (TPSA) is 12.0 Å². The van der Waals surface area contributed by atoms with E-state index in [9.17, 15) is 0 Å². The lowest BCUT2D eigenvalue weighted by molar-refractivity contribution is 0.519. The average molecular weight is 249 g/mol. The van der Waals surface area contributed by atoms with E-state index in [0.29, 0.717) is 6.04 Å². The highest BCUT2D eigenvalue weighted by Crippen LogP contribution is 2.23. The first-order valence-electron chi connectivity index (χ1n) is 6.38. The van der Waals surface area contributed by atoms with E-state index in [0.717, 1.165) is 25.1 Å². The van der Waals surface area contributed by atoms with Gasteiger partial charge in [-0.1, -0.05) is 32.1 Å². The number of rotatable bonds is 8. The van der Waals surface area contributed by atoms with Crippen molar-refractivity contribution in [3.8, 4) is 0 Å². The minimum Gasteiger partial charge on any atom is -0.310 e. The standard InChI is InChI=1S/C15H23NS/c1-4-7-8-15(16-5-2)13-9-11-14(12-10-13)17-6-3/h4,9-12,15-16H,1,5-8H2,2-3H3. The average Bonchev–Trinajstić information content (AvgIpc) is 2.36. The lowest BCUT2D eigenvalue weighted by Crippen LogP contribution is -2.20. The Morgan fingerprint density at radius 2 is 2.00 bits per heavy atom. The van der Waals surface area contributed by atoms with Crippen LogP contribution < -0.4 is 5.32 Å². The van der Waals surface area contributed by atoms with Crippen LogP contribution in [0.2, 0.25) is 0 Å². The second-order valence-electron chi connectivity index (χ2n) is 3.98. The first-order valence-corrected chi connectivity index (χ1v) is 7.37. The Hall–Kier alpha value is -0.730. The van der Waals surface area contributed by atoms with Gasteiger partial charge in [-0.15, -0.1) is 18.3 Å². The highest BCUT2D eigenvalue weighted by molar-refractivity contribution is 7.99. The summed E-state index contributed by atoms with van der Waals surface area (Å²) in [6.45, 7) is 9.14. The summed E-state index contributed by atoms with van der Waals surface area (Å²) in [5, 5.41) is 3.53. The van der Waals surface area contributed by atoms with Crippen LogP contribution in [-0.4, -0.2) is 12.3 Å². The third-order valence-electron chi connectivity index (χ3n) is 2.70. The summed E-state index contributed by atoms with van der Waals surface area (Å²) in [4.78, 5) is 1.36. The van der Waals surface area contributed by atoms with Crippen LogP contribution in [0.15, 0.2) is 41.8 Å². The quantitative estimate of drug-likeness (QED) is 0.541. The van der Waals surface area contributed by atoms with Gasteiger partial charge in [-0.05, 0) is 42.8 Å². The Bertz CT molecular complexity index is 318. The van der Waals surface area contributed by atoms with Crippen LogP contribution in [0, 0.1) is 0 Å². The Morgan fingerprint density at radius 1 is 1.29 bits per heavy atom. The van der Waals surface area contributed by atoms with Gasteiger partial charge in [0.2, 0.25) is 0 Å². The molecule has 0 heterocycles. The van der Waals surface area contributed by atoms with Crippen LogP contribution in [0.3, 0.4) is 0 Å². The lowest BCUT2D eigenvalue weighted by Gasteiger charge is -2.17. The Morgan fingerprint density at radius 3 is 2.53 bits per heavy atom. The first kappa shape index (κ1) is 14.3. The highest BCUT2D eigenvalue weighted by atomic mass is 32.2. The molecule has 1 N–H and O–H groups in total. The number of nitrogens with one attached hydrogen (secondary N) is 1. The van der Waals surface area contributed by atoms with E-state index in [2.05, 4.69) is 50.0 Å². The predicted octanol–water partition coefficient (Wildman–Crippen LogP) is 4.42. The van der Waals surface area contributed by atoms with Crippen molar-refractivity contribution in [1.82, 2.24) is 5.32 Å². The number of benzene rings is 1. The zero-order chi connectivity index (χ0) is 12.5. The summed E-state index contributed by atoms with van der Waals surface area (Å²) in [5.74, 6) is 1.13. The van der Waals surface area contributed by atoms with Gasteiger partial charge in [-0.25, -0.2) is 0 Å². The van der Waals surface area contributed by atoms with Gasteiger partial charge in [0.1, 0.15) is 0 Å². The van der Waals surface area contributed by atoms with Crippen molar-refractivity contribution >= 4 is 11.8 Å². The van der Waals surface area contributed by atoms with E-state index in [-0.39, 0.29) is 0 Å². The molecule has 1 nitrogen and oxygen atoms in total. The maximum atomic E-state index is 3.79. The van der Waals surface area contributed by atoms with E-state index in [1.165, 1.54) is 10.5 Å². The molecule has 1 atom stereocenters. The minimum absolute atomic E-state index is 0.457. The molecule has 0 amide bonds. The molecule has 0 bridgehead atoms. The maximum Gasteiger partial charge on any atom is 0.0323 e. The summed E-state index contributed by atoms with van der Waals surface area (Å²) >= 11 is 1.89.